The Morgan fingerprint density at radius 1 is 1.19 bits per heavy atom. The van der Waals surface area contributed by atoms with Gasteiger partial charge in [0, 0.05) is 25.5 Å². The summed E-state index contributed by atoms with van der Waals surface area (Å²) in [4.78, 5) is 34.4. The fourth-order valence-electron chi connectivity index (χ4n) is 2.79. The van der Waals surface area contributed by atoms with Crippen LogP contribution in [0.3, 0.4) is 0 Å². The number of nitro groups is 1. The first-order valence-corrected chi connectivity index (χ1v) is 9.26. The Balaban J connectivity index is 1.99. The lowest BCUT2D eigenvalue weighted by Gasteiger charge is -2.17. The lowest BCUT2D eigenvalue weighted by molar-refractivity contribution is -0.384. The summed E-state index contributed by atoms with van der Waals surface area (Å²) < 4.78 is 43.0. The van der Waals surface area contributed by atoms with Gasteiger partial charge in [0.2, 0.25) is 5.91 Å². The van der Waals surface area contributed by atoms with Gasteiger partial charge in [-0.25, -0.2) is 4.79 Å². The molecular formula is C20H20F3N3O6. The molecule has 0 aromatic heterocycles. The van der Waals surface area contributed by atoms with Gasteiger partial charge < -0.3 is 20.5 Å². The number of hydrogen-bond donors (Lipinski definition) is 3. The van der Waals surface area contributed by atoms with E-state index in [9.17, 15) is 38.0 Å². The first-order chi connectivity index (χ1) is 15.0. The monoisotopic (exact) mass is 455 g/mol. The molecule has 0 aliphatic rings. The van der Waals surface area contributed by atoms with Gasteiger partial charge in [-0.3, -0.25) is 14.9 Å². The van der Waals surface area contributed by atoms with Gasteiger partial charge in [0.1, 0.15) is 17.5 Å². The van der Waals surface area contributed by atoms with Crippen molar-refractivity contribution in [2.75, 3.05) is 19.0 Å². The van der Waals surface area contributed by atoms with Crippen LogP contribution in [0.4, 0.5) is 24.5 Å². The highest BCUT2D eigenvalue weighted by atomic mass is 19.4. The van der Waals surface area contributed by atoms with Crippen molar-refractivity contribution in [3.05, 3.63) is 63.7 Å². The number of benzene rings is 2. The van der Waals surface area contributed by atoms with Crippen molar-refractivity contribution in [2.45, 2.75) is 25.1 Å². The molecule has 12 heteroatoms. The van der Waals surface area contributed by atoms with E-state index < -0.39 is 40.3 Å². The van der Waals surface area contributed by atoms with Gasteiger partial charge in [0.25, 0.3) is 5.69 Å². The predicted octanol–water partition coefficient (Wildman–Crippen LogP) is 3.02. The van der Waals surface area contributed by atoms with E-state index in [1.165, 1.54) is 12.1 Å². The van der Waals surface area contributed by atoms with Gasteiger partial charge in [0.15, 0.2) is 0 Å². The Bertz CT molecular complexity index is 980. The van der Waals surface area contributed by atoms with E-state index in [0.717, 1.165) is 13.2 Å². The summed E-state index contributed by atoms with van der Waals surface area (Å²) >= 11 is 0. The predicted molar refractivity (Wildman–Crippen MR) is 107 cm³/mol. The van der Waals surface area contributed by atoms with E-state index in [4.69, 9.17) is 0 Å². The standard InChI is InChI=1S/C20H20F3N3O6/c1-32-19(29)16(10-12-2-5-14(27)6-3-12)25-18(28)8-9-24-15-7-4-13(20(21,22)23)11-17(15)26(30)31/h2-7,11,16,24,27H,8-10H2,1H3,(H,25,28)/t16-/m0/s1. The number of ether oxygens (including phenoxy) is 1. The Kier molecular flexibility index (Phi) is 7.99. The number of esters is 1. The molecule has 2 aromatic rings. The number of carbonyl (C=O) groups is 2. The minimum atomic E-state index is -4.73. The highest BCUT2D eigenvalue weighted by molar-refractivity contribution is 5.85. The SMILES string of the molecule is COC(=O)[C@H](Cc1ccc(O)cc1)NC(=O)CCNc1ccc(C(F)(F)F)cc1[N+](=O)[O-]. The maximum absolute atomic E-state index is 12.8. The summed E-state index contributed by atoms with van der Waals surface area (Å²) in [6.07, 6.45) is -4.86. The van der Waals surface area contributed by atoms with E-state index in [2.05, 4.69) is 15.4 Å². The van der Waals surface area contributed by atoms with Gasteiger partial charge in [0.05, 0.1) is 17.6 Å². The molecule has 0 spiro atoms. The Morgan fingerprint density at radius 2 is 1.84 bits per heavy atom. The molecular weight excluding hydrogens is 435 g/mol. The van der Waals surface area contributed by atoms with Crippen LogP contribution >= 0.6 is 0 Å². The molecule has 2 aromatic carbocycles. The molecule has 0 saturated carbocycles. The molecule has 32 heavy (non-hydrogen) atoms. The molecule has 0 saturated heterocycles. The Labute approximate surface area is 180 Å². The van der Waals surface area contributed by atoms with Crippen molar-refractivity contribution in [2.24, 2.45) is 0 Å². The first kappa shape index (κ1) is 24.4. The number of phenols is 1. The van der Waals surface area contributed by atoms with Gasteiger partial charge in [-0.15, -0.1) is 0 Å². The topological polar surface area (TPSA) is 131 Å². The number of rotatable bonds is 9. The molecule has 1 amide bonds. The number of nitrogens with zero attached hydrogens (tertiary/aromatic N) is 1. The molecule has 0 heterocycles. The molecule has 0 bridgehead atoms. The van der Waals surface area contributed by atoms with Crippen LogP contribution in [-0.2, 0) is 26.9 Å². The third kappa shape index (κ3) is 6.86. The van der Waals surface area contributed by atoms with Crippen molar-refractivity contribution in [3.63, 3.8) is 0 Å². The third-order valence-corrected chi connectivity index (χ3v) is 4.39. The average Bonchev–Trinajstić information content (AvgIpc) is 2.73. The number of anilines is 1. The van der Waals surface area contributed by atoms with Crippen LogP contribution in [0.15, 0.2) is 42.5 Å². The lowest BCUT2D eigenvalue weighted by Crippen LogP contribution is -2.43. The van der Waals surface area contributed by atoms with Crippen molar-refractivity contribution in [1.29, 1.82) is 0 Å². The van der Waals surface area contributed by atoms with Gasteiger partial charge >= 0.3 is 12.1 Å². The molecule has 1 atom stereocenters. The molecule has 0 aliphatic carbocycles. The van der Waals surface area contributed by atoms with Crippen LogP contribution < -0.4 is 10.6 Å². The molecule has 0 radical (unpaired) electrons. The van der Waals surface area contributed by atoms with Crippen molar-refractivity contribution >= 4 is 23.3 Å². The largest absolute Gasteiger partial charge is 0.508 e. The zero-order valence-electron chi connectivity index (χ0n) is 16.8. The maximum atomic E-state index is 12.8. The van der Waals surface area contributed by atoms with Crippen LogP contribution in [0.1, 0.15) is 17.5 Å². The maximum Gasteiger partial charge on any atom is 0.416 e. The highest BCUT2D eigenvalue weighted by Gasteiger charge is 2.33. The van der Waals surface area contributed by atoms with Crippen molar-refractivity contribution < 1.29 is 37.5 Å². The zero-order valence-corrected chi connectivity index (χ0v) is 16.8. The summed E-state index contributed by atoms with van der Waals surface area (Å²) in [5.41, 5.74) is -1.47. The van der Waals surface area contributed by atoms with Crippen LogP contribution in [0.2, 0.25) is 0 Å². The normalized spacial score (nSPS) is 12.0. The number of amides is 1. The Hall–Kier alpha value is -3.83. The van der Waals surface area contributed by atoms with E-state index >= 15 is 0 Å². The second-order valence-corrected chi connectivity index (χ2v) is 6.68. The second kappa shape index (κ2) is 10.5. The molecule has 0 unspecified atom stereocenters. The smallest absolute Gasteiger partial charge is 0.416 e. The lowest BCUT2D eigenvalue weighted by atomic mass is 10.1. The van der Waals surface area contributed by atoms with E-state index in [1.807, 2.05) is 0 Å². The zero-order chi connectivity index (χ0) is 23.9. The number of nitrogens with one attached hydrogen (secondary N) is 2. The minimum Gasteiger partial charge on any atom is -0.508 e. The summed E-state index contributed by atoms with van der Waals surface area (Å²) in [5.74, 6) is -1.24. The fourth-order valence-corrected chi connectivity index (χ4v) is 2.79. The molecule has 3 N–H and O–H groups in total. The van der Waals surface area contributed by atoms with Crippen molar-refractivity contribution in [1.82, 2.24) is 5.32 Å². The number of halogens is 3. The molecule has 0 aliphatic heterocycles. The first-order valence-electron chi connectivity index (χ1n) is 9.26. The summed E-state index contributed by atoms with van der Waals surface area (Å²) in [5, 5.41) is 25.5. The number of phenolic OH excluding ortho intramolecular Hbond substituents is 1. The number of alkyl halides is 3. The second-order valence-electron chi connectivity index (χ2n) is 6.68. The van der Waals surface area contributed by atoms with Gasteiger partial charge in [-0.1, -0.05) is 12.1 Å². The number of aromatic hydroxyl groups is 1. The molecule has 172 valence electrons. The molecule has 2 rings (SSSR count). The quantitative estimate of drug-likeness (QED) is 0.301. The van der Waals surface area contributed by atoms with Crippen molar-refractivity contribution in [3.8, 4) is 5.75 Å². The summed E-state index contributed by atoms with van der Waals surface area (Å²) in [6, 6.07) is 7.00. The van der Waals surface area contributed by atoms with Gasteiger partial charge in [-0.05, 0) is 29.8 Å². The number of nitro benzene ring substituents is 1. The molecule has 0 fully saturated rings. The minimum absolute atomic E-state index is 0.0378. The highest BCUT2D eigenvalue weighted by Crippen LogP contribution is 2.34. The van der Waals surface area contributed by atoms with E-state index in [1.54, 1.807) is 12.1 Å². The van der Waals surface area contributed by atoms with E-state index in [-0.39, 0.29) is 30.8 Å². The number of hydrogen-bond acceptors (Lipinski definition) is 7. The summed E-state index contributed by atoms with van der Waals surface area (Å²) in [7, 11) is 1.16. The van der Waals surface area contributed by atoms with Crippen LogP contribution in [0.5, 0.6) is 5.75 Å². The fraction of sp³-hybridized carbons (Fsp3) is 0.300. The average molecular weight is 455 g/mol. The number of carbonyl (C=O) groups excluding carboxylic acids is 2. The summed E-state index contributed by atoms with van der Waals surface area (Å²) in [6.45, 7) is -0.134. The van der Waals surface area contributed by atoms with Gasteiger partial charge in [-0.2, -0.15) is 13.2 Å². The van der Waals surface area contributed by atoms with Crippen LogP contribution in [-0.4, -0.2) is 41.6 Å². The molecule has 9 nitrogen and oxygen atoms in total. The van der Waals surface area contributed by atoms with E-state index in [0.29, 0.717) is 17.7 Å². The van der Waals surface area contributed by atoms with Crippen LogP contribution in [0.25, 0.3) is 0 Å². The Morgan fingerprint density at radius 3 is 2.41 bits per heavy atom. The number of methoxy groups -OCH3 is 1. The van der Waals surface area contributed by atoms with Crippen LogP contribution in [0, 0.1) is 10.1 Å². The third-order valence-electron chi connectivity index (χ3n) is 4.39.